The van der Waals surface area contributed by atoms with E-state index in [9.17, 15) is 15.3 Å². The van der Waals surface area contributed by atoms with E-state index in [-0.39, 0.29) is 18.6 Å². The van der Waals surface area contributed by atoms with E-state index in [0.717, 1.165) is 30.4 Å². The maximum Gasteiger partial charge on any atom is 0.0825 e. The monoisotopic (exact) mass is 468 g/mol. The van der Waals surface area contributed by atoms with Gasteiger partial charge in [0.25, 0.3) is 0 Å². The van der Waals surface area contributed by atoms with Crippen molar-refractivity contribution >= 4 is 0 Å². The number of hydrogen-bond donors (Lipinski definition) is 3. The average Bonchev–Trinajstić information content (AvgIpc) is 3.19. The second-order valence-corrected chi connectivity index (χ2v) is 11.4. The third-order valence-corrected chi connectivity index (χ3v) is 9.47. The van der Waals surface area contributed by atoms with Crippen molar-refractivity contribution < 1.29 is 15.3 Å². The first-order chi connectivity index (χ1) is 16.2. The molecule has 3 aliphatic carbocycles. The van der Waals surface area contributed by atoms with Crippen molar-refractivity contribution in [2.75, 3.05) is 6.61 Å². The van der Waals surface area contributed by atoms with Crippen molar-refractivity contribution in [1.29, 1.82) is 0 Å². The average molecular weight is 469 g/mol. The first kappa shape index (κ1) is 27.2. The zero-order valence-corrected chi connectivity index (χ0v) is 22.0. The molecule has 0 bridgehead atoms. The van der Waals surface area contributed by atoms with Crippen LogP contribution < -0.4 is 0 Å². The maximum absolute atomic E-state index is 10.5. The summed E-state index contributed by atoms with van der Waals surface area (Å²) < 4.78 is 0. The second kappa shape index (κ2) is 11.5. The first-order valence-corrected chi connectivity index (χ1v) is 13.6. The minimum absolute atomic E-state index is 0.0202. The summed E-state index contributed by atoms with van der Waals surface area (Å²) in [5, 5.41) is 30.4. The third-order valence-electron chi connectivity index (χ3n) is 9.47. The second-order valence-electron chi connectivity index (χ2n) is 11.4. The number of aliphatic hydroxyl groups excluding tert-OH is 2. The minimum Gasteiger partial charge on any atom is -0.396 e. The van der Waals surface area contributed by atoms with Crippen LogP contribution in [-0.2, 0) is 0 Å². The van der Waals surface area contributed by atoms with E-state index in [1.807, 2.05) is 26.0 Å². The molecule has 3 fully saturated rings. The van der Waals surface area contributed by atoms with Crippen LogP contribution in [0.2, 0.25) is 0 Å². The molecule has 3 aliphatic rings. The van der Waals surface area contributed by atoms with Crippen LogP contribution in [-0.4, -0.2) is 33.6 Å². The summed E-state index contributed by atoms with van der Waals surface area (Å²) in [6, 6.07) is 0. The molecule has 0 unspecified atom stereocenters. The van der Waals surface area contributed by atoms with Crippen molar-refractivity contribution in [3.8, 4) is 0 Å². The summed E-state index contributed by atoms with van der Waals surface area (Å²) in [7, 11) is 0. The van der Waals surface area contributed by atoms with Gasteiger partial charge in [-0.3, -0.25) is 0 Å². The Labute approximate surface area is 208 Å². The van der Waals surface area contributed by atoms with Crippen LogP contribution in [0.15, 0.2) is 59.8 Å². The molecule has 0 saturated heterocycles. The molecule has 3 rings (SSSR count). The summed E-state index contributed by atoms with van der Waals surface area (Å²) in [5.74, 6) is 1.77. The Morgan fingerprint density at radius 1 is 1.18 bits per heavy atom. The van der Waals surface area contributed by atoms with E-state index in [2.05, 4.69) is 44.7 Å². The molecule has 190 valence electrons. The predicted octanol–water partition coefficient (Wildman–Crippen LogP) is 6.67. The fraction of sp³-hybridized carbons (Fsp3) is 0.677. The standard InChI is InChI=1S/C31H48O3/c1-6-31(34,7-2)18-9-8-11-22(3)28-15-16-29-24(12-10-17-30(28,29)5)13-14-25-19-27(33)20-26(21-32)23(25)4/h8-9,11,13-14,18,22,26-29,32-34H,4,6-7,10,12,15-17,19-21H2,1-3,5H3/b11-8+,18-9+,24-13+,25-14+/t22-,26+,27+,28-,29+,30-/m1/s1. The number of aliphatic hydroxyl groups is 3. The fourth-order valence-corrected chi connectivity index (χ4v) is 7.01. The van der Waals surface area contributed by atoms with Crippen LogP contribution in [0.1, 0.15) is 85.5 Å². The lowest BCUT2D eigenvalue weighted by Gasteiger charge is -2.44. The zero-order chi connectivity index (χ0) is 24.9. The lowest BCUT2D eigenvalue weighted by molar-refractivity contribution is 0.0828. The SMILES string of the molecule is C=C1/C(=C/C=C2\CCC[C@]3(C)[C@@H]([C@H](C)/C=C/C=C/C(O)(CC)CC)CC[C@@H]23)C[C@H](O)C[C@H]1CO. The lowest BCUT2D eigenvalue weighted by atomic mass is 9.61. The van der Waals surface area contributed by atoms with E-state index >= 15 is 0 Å². The van der Waals surface area contributed by atoms with E-state index in [0.29, 0.717) is 36.0 Å². The van der Waals surface area contributed by atoms with Crippen molar-refractivity contribution in [2.24, 2.45) is 29.1 Å². The molecule has 0 radical (unpaired) electrons. The Morgan fingerprint density at radius 2 is 1.91 bits per heavy atom. The number of fused-ring (bicyclic) bond motifs is 1. The van der Waals surface area contributed by atoms with E-state index in [1.165, 1.54) is 25.7 Å². The number of rotatable bonds is 8. The molecule has 0 aliphatic heterocycles. The van der Waals surface area contributed by atoms with Crippen LogP contribution in [0.3, 0.4) is 0 Å². The molecule has 0 heterocycles. The van der Waals surface area contributed by atoms with Gasteiger partial charge in [-0.15, -0.1) is 0 Å². The fourth-order valence-electron chi connectivity index (χ4n) is 7.01. The molecule has 0 spiro atoms. The summed E-state index contributed by atoms with van der Waals surface area (Å²) in [6.07, 6.45) is 21.5. The predicted molar refractivity (Wildman–Crippen MR) is 142 cm³/mol. The minimum atomic E-state index is -0.688. The van der Waals surface area contributed by atoms with Gasteiger partial charge in [-0.25, -0.2) is 0 Å². The lowest BCUT2D eigenvalue weighted by Crippen LogP contribution is -2.35. The molecular weight excluding hydrogens is 420 g/mol. The molecular formula is C31H48O3. The molecule has 3 heteroatoms. The maximum atomic E-state index is 10.5. The van der Waals surface area contributed by atoms with Crippen LogP contribution in [0, 0.1) is 29.1 Å². The smallest absolute Gasteiger partial charge is 0.0825 e. The largest absolute Gasteiger partial charge is 0.396 e. The van der Waals surface area contributed by atoms with Crippen molar-refractivity contribution in [1.82, 2.24) is 0 Å². The Morgan fingerprint density at radius 3 is 2.59 bits per heavy atom. The molecule has 0 amide bonds. The third kappa shape index (κ3) is 5.86. The highest BCUT2D eigenvalue weighted by atomic mass is 16.3. The normalized spacial score (nSPS) is 36.1. The van der Waals surface area contributed by atoms with Gasteiger partial charge >= 0.3 is 0 Å². The van der Waals surface area contributed by atoms with Gasteiger partial charge in [0.2, 0.25) is 0 Å². The summed E-state index contributed by atoms with van der Waals surface area (Å²) in [5.41, 5.74) is 3.29. The molecule has 0 aromatic heterocycles. The van der Waals surface area contributed by atoms with Gasteiger partial charge in [0.05, 0.1) is 18.3 Å². The molecule has 3 saturated carbocycles. The summed E-state index contributed by atoms with van der Waals surface area (Å²) >= 11 is 0. The van der Waals surface area contributed by atoms with Gasteiger partial charge in [-0.1, -0.05) is 76.3 Å². The topological polar surface area (TPSA) is 60.7 Å². The van der Waals surface area contributed by atoms with Crippen LogP contribution in [0.5, 0.6) is 0 Å². The van der Waals surface area contributed by atoms with Crippen molar-refractivity contribution in [2.45, 2.75) is 97.2 Å². The Hall–Kier alpha value is -1.42. The molecule has 6 atom stereocenters. The van der Waals surface area contributed by atoms with E-state index in [1.54, 1.807) is 5.57 Å². The quantitative estimate of drug-likeness (QED) is 0.348. The van der Waals surface area contributed by atoms with Crippen LogP contribution >= 0.6 is 0 Å². The Bertz CT molecular complexity index is 828. The van der Waals surface area contributed by atoms with Crippen LogP contribution in [0.4, 0.5) is 0 Å². The highest BCUT2D eigenvalue weighted by molar-refractivity contribution is 5.38. The van der Waals surface area contributed by atoms with Gasteiger partial charge in [0, 0.05) is 5.92 Å². The highest BCUT2D eigenvalue weighted by Gasteiger charge is 2.50. The summed E-state index contributed by atoms with van der Waals surface area (Å²) in [6.45, 7) is 13.2. The van der Waals surface area contributed by atoms with Crippen molar-refractivity contribution in [3.63, 3.8) is 0 Å². The van der Waals surface area contributed by atoms with Crippen molar-refractivity contribution in [3.05, 3.63) is 59.8 Å². The van der Waals surface area contributed by atoms with Gasteiger partial charge in [-0.2, -0.15) is 0 Å². The van der Waals surface area contributed by atoms with E-state index in [4.69, 9.17) is 0 Å². The Kier molecular flexibility index (Phi) is 9.23. The highest BCUT2D eigenvalue weighted by Crippen LogP contribution is 2.59. The van der Waals surface area contributed by atoms with Crippen LogP contribution in [0.25, 0.3) is 0 Å². The van der Waals surface area contributed by atoms with Gasteiger partial charge in [-0.05, 0) is 92.1 Å². The van der Waals surface area contributed by atoms with Gasteiger partial charge < -0.3 is 15.3 Å². The molecule has 34 heavy (non-hydrogen) atoms. The number of hydrogen-bond acceptors (Lipinski definition) is 3. The van der Waals surface area contributed by atoms with E-state index < -0.39 is 5.60 Å². The molecule has 3 N–H and O–H groups in total. The Balaban J connectivity index is 1.72. The number of allylic oxidation sites excluding steroid dienone is 6. The molecule has 0 aromatic carbocycles. The van der Waals surface area contributed by atoms with Gasteiger partial charge in [0.15, 0.2) is 0 Å². The van der Waals surface area contributed by atoms with Gasteiger partial charge in [0.1, 0.15) is 0 Å². The zero-order valence-electron chi connectivity index (χ0n) is 22.0. The molecule has 3 nitrogen and oxygen atoms in total. The first-order valence-electron chi connectivity index (χ1n) is 13.6. The molecule has 0 aromatic rings. The summed E-state index contributed by atoms with van der Waals surface area (Å²) in [4.78, 5) is 0.